The van der Waals surface area contributed by atoms with Crippen LogP contribution in [0.15, 0.2) is 30.5 Å². The first-order chi connectivity index (χ1) is 13.8. The summed E-state index contributed by atoms with van der Waals surface area (Å²) in [7, 11) is 0. The van der Waals surface area contributed by atoms with Gasteiger partial charge in [-0.2, -0.15) is 4.79 Å². The molecule has 0 fully saturated rings. The van der Waals surface area contributed by atoms with Gasteiger partial charge in [0.05, 0.1) is 12.1 Å². The fourth-order valence-electron chi connectivity index (χ4n) is 2.89. The average Bonchev–Trinajstić information content (AvgIpc) is 3.07. The fourth-order valence-corrected chi connectivity index (χ4v) is 2.89. The molecule has 154 valence electrons. The van der Waals surface area contributed by atoms with Gasteiger partial charge in [-0.05, 0) is 38.3 Å². The van der Waals surface area contributed by atoms with E-state index in [1.807, 2.05) is 24.3 Å². The average molecular weight is 399 g/mol. The normalized spacial score (nSPS) is 12.8. The van der Waals surface area contributed by atoms with Gasteiger partial charge in [0.15, 0.2) is 0 Å². The fraction of sp³-hybridized carbons (Fsp3) is 0.400. The van der Waals surface area contributed by atoms with E-state index in [9.17, 15) is 14.4 Å². The molecule has 1 aromatic carbocycles. The van der Waals surface area contributed by atoms with Gasteiger partial charge in [0.2, 0.25) is 11.7 Å². The van der Waals surface area contributed by atoms with Crippen molar-refractivity contribution in [3.05, 3.63) is 41.6 Å². The largest absolute Gasteiger partial charge is 0.461 e. The number of benzene rings is 1. The number of hydrogen-bond donors (Lipinski definition) is 3. The van der Waals surface area contributed by atoms with Crippen LogP contribution in [-0.4, -0.2) is 51.8 Å². The topological polar surface area (TPSA) is 151 Å². The number of Topliss-reactive ketones (excluding diaryl/α,β-unsaturated/α-hetero) is 1. The molecule has 0 aliphatic rings. The zero-order valence-electron chi connectivity index (χ0n) is 16.4. The summed E-state index contributed by atoms with van der Waals surface area (Å²) in [5, 5.41) is 3.54. The summed E-state index contributed by atoms with van der Waals surface area (Å²) in [4.78, 5) is 42.2. The van der Waals surface area contributed by atoms with Gasteiger partial charge < -0.3 is 26.3 Å². The zero-order chi connectivity index (χ0) is 21.4. The van der Waals surface area contributed by atoms with Crippen LogP contribution < -0.4 is 11.1 Å². The molecule has 9 heteroatoms. The number of nitrogens with two attached hydrogens (primary N) is 1. The molecule has 0 spiro atoms. The number of H-pyrrole nitrogens is 1. The number of esters is 1. The van der Waals surface area contributed by atoms with E-state index in [1.165, 1.54) is 0 Å². The Balaban J connectivity index is 2.05. The zero-order valence-corrected chi connectivity index (χ0v) is 16.4. The van der Waals surface area contributed by atoms with E-state index in [1.54, 1.807) is 20.0 Å². The Labute approximate surface area is 168 Å². The molecular weight excluding hydrogens is 374 g/mol. The third kappa shape index (κ3) is 6.38. The number of hydrogen-bond acceptors (Lipinski definition) is 5. The van der Waals surface area contributed by atoms with Crippen molar-refractivity contribution in [2.75, 3.05) is 0 Å². The highest BCUT2D eigenvalue weighted by molar-refractivity contribution is 6.25. The smallest absolute Gasteiger partial charge is 0.328 e. The second kappa shape index (κ2) is 10.3. The van der Waals surface area contributed by atoms with Gasteiger partial charge in [0.25, 0.3) is 0 Å². The molecular formula is C20H25N5O4. The molecule has 2 atom stereocenters. The number of ether oxygens (including phenoxy) is 1. The Morgan fingerprint density at radius 3 is 2.72 bits per heavy atom. The van der Waals surface area contributed by atoms with Crippen LogP contribution in [0.3, 0.4) is 0 Å². The first-order valence-corrected chi connectivity index (χ1v) is 9.33. The maximum atomic E-state index is 12.6. The Hall–Kier alpha value is -3.29. The number of rotatable bonds is 10. The molecule has 1 amide bonds. The summed E-state index contributed by atoms with van der Waals surface area (Å²) in [5.74, 6) is -1.65. The second-order valence-electron chi connectivity index (χ2n) is 6.97. The van der Waals surface area contributed by atoms with Gasteiger partial charge >= 0.3 is 12.2 Å². The lowest BCUT2D eigenvalue weighted by Crippen LogP contribution is -2.50. The van der Waals surface area contributed by atoms with Gasteiger partial charge in [-0.1, -0.05) is 18.2 Å². The highest BCUT2D eigenvalue weighted by Crippen LogP contribution is 2.18. The number of nitrogens with one attached hydrogen (secondary N) is 2. The lowest BCUT2D eigenvalue weighted by Gasteiger charge is -2.20. The molecule has 0 saturated carbocycles. The Morgan fingerprint density at radius 2 is 2.03 bits per heavy atom. The summed E-state index contributed by atoms with van der Waals surface area (Å²) in [5.41, 5.74) is 16.3. The van der Waals surface area contributed by atoms with Crippen LogP contribution in [0.4, 0.5) is 0 Å². The number of carbonyl (C=O) groups excluding carboxylic acids is 3. The summed E-state index contributed by atoms with van der Waals surface area (Å²) < 4.78 is 5.15. The summed E-state index contributed by atoms with van der Waals surface area (Å²) in [6.07, 6.45) is 2.35. The lowest BCUT2D eigenvalue weighted by atomic mass is 10.0. The van der Waals surface area contributed by atoms with Crippen molar-refractivity contribution in [3.63, 3.8) is 0 Å². The number of aromatic nitrogens is 1. The Morgan fingerprint density at radius 1 is 1.31 bits per heavy atom. The van der Waals surface area contributed by atoms with Crippen molar-refractivity contribution in [1.82, 2.24) is 10.3 Å². The van der Waals surface area contributed by atoms with Gasteiger partial charge in [-0.3, -0.25) is 9.59 Å². The number of aromatic amines is 1. The minimum absolute atomic E-state index is 0.00194. The maximum Gasteiger partial charge on any atom is 0.328 e. The van der Waals surface area contributed by atoms with Gasteiger partial charge in [0.1, 0.15) is 6.04 Å². The molecule has 0 aliphatic heterocycles. The standard InChI is InChI=1S/C20H25N5O4/c1-12(2)29-20(28)18(8-7-14(26)11-24-22)25-19(27)16(21)9-13-10-23-17-6-4-3-5-15(13)17/h3-6,10-12,16,18,23H,7-9,21H2,1-2H3,(H,25,27). The number of carbonyl (C=O) groups is 3. The van der Waals surface area contributed by atoms with Crippen LogP contribution >= 0.6 is 0 Å². The van der Waals surface area contributed by atoms with Crippen molar-refractivity contribution in [2.45, 2.75) is 51.3 Å². The van der Waals surface area contributed by atoms with Crippen LogP contribution in [0.1, 0.15) is 32.3 Å². The highest BCUT2D eigenvalue weighted by atomic mass is 16.5. The number of nitrogens with zero attached hydrogens (tertiary/aromatic N) is 2. The summed E-state index contributed by atoms with van der Waals surface area (Å²) in [6, 6.07) is 5.74. The van der Waals surface area contributed by atoms with E-state index in [-0.39, 0.29) is 25.4 Å². The Kier molecular flexibility index (Phi) is 7.82. The van der Waals surface area contributed by atoms with Crippen LogP contribution in [0.25, 0.3) is 16.4 Å². The number of para-hydroxylation sites is 1. The molecule has 29 heavy (non-hydrogen) atoms. The minimum Gasteiger partial charge on any atom is -0.461 e. The first-order valence-electron chi connectivity index (χ1n) is 9.33. The molecule has 2 rings (SSSR count). The molecule has 4 N–H and O–H groups in total. The van der Waals surface area contributed by atoms with Gasteiger partial charge in [-0.15, -0.1) is 0 Å². The van der Waals surface area contributed by atoms with E-state index in [0.717, 1.165) is 22.7 Å². The van der Waals surface area contributed by atoms with E-state index in [4.69, 9.17) is 16.0 Å². The van der Waals surface area contributed by atoms with Crippen molar-refractivity contribution < 1.29 is 23.9 Å². The predicted molar refractivity (Wildman–Crippen MR) is 107 cm³/mol. The number of fused-ring (bicyclic) bond motifs is 1. The molecule has 0 radical (unpaired) electrons. The maximum absolute atomic E-state index is 12.6. The van der Waals surface area contributed by atoms with Crippen molar-refractivity contribution in [2.24, 2.45) is 5.73 Å². The lowest BCUT2D eigenvalue weighted by molar-refractivity contribution is -0.151. The van der Waals surface area contributed by atoms with Crippen molar-refractivity contribution in [1.29, 1.82) is 0 Å². The summed E-state index contributed by atoms with van der Waals surface area (Å²) >= 11 is 0. The molecule has 0 aliphatic carbocycles. The summed E-state index contributed by atoms with van der Waals surface area (Å²) in [6.45, 7) is 3.37. The second-order valence-corrected chi connectivity index (χ2v) is 6.97. The molecule has 9 nitrogen and oxygen atoms in total. The van der Waals surface area contributed by atoms with E-state index < -0.39 is 29.7 Å². The van der Waals surface area contributed by atoms with E-state index in [0.29, 0.717) is 0 Å². The Bertz CT molecular complexity index is 930. The van der Waals surface area contributed by atoms with E-state index >= 15 is 0 Å². The monoisotopic (exact) mass is 399 g/mol. The first kappa shape index (κ1) is 22.0. The third-order valence-electron chi connectivity index (χ3n) is 4.29. The quantitative estimate of drug-likeness (QED) is 0.237. The van der Waals surface area contributed by atoms with Gasteiger partial charge in [-0.25, -0.2) is 4.79 Å². The molecule has 1 aromatic heterocycles. The van der Waals surface area contributed by atoms with E-state index in [2.05, 4.69) is 15.1 Å². The van der Waals surface area contributed by atoms with Crippen molar-refractivity contribution >= 4 is 34.8 Å². The SMILES string of the molecule is CC(C)OC(=O)C(CCC(=O)C=[N+]=[N-])NC(=O)C(N)Cc1c[nH]c2ccccc12. The van der Waals surface area contributed by atoms with Crippen LogP contribution in [-0.2, 0) is 25.5 Å². The molecule has 1 heterocycles. The number of amides is 1. The van der Waals surface area contributed by atoms with Crippen LogP contribution in [0, 0.1) is 0 Å². The highest BCUT2D eigenvalue weighted by Gasteiger charge is 2.27. The van der Waals surface area contributed by atoms with Crippen LogP contribution in [0.5, 0.6) is 0 Å². The van der Waals surface area contributed by atoms with Crippen molar-refractivity contribution in [3.8, 4) is 0 Å². The number of ketones is 1. The third-order valence-corrected chi connectivity index (χ3v) is 4.29. The predicted octanol–water partition coefficient (Wildman–Crippen LogP) is 1.12. The van der Waals surface area contributed by atoms with Crippen LogP contribution in [0.2, 0.25) is 0 Å². The molecule has 2 unspecified atom stereocenters. The molecule has 2 aromatic rings. The molecule has 0 bridgehead atoms. The van der Waals surface area contributed by atoms with Gasteiger partial charge in [0, 0.05) is 23.5 Å². The molecule has 0 saturated heterocycles. The minimum atomic E-state index is -1.03.